The zero-order chi connectivity index (χ0) is 17.9. The smallest absolute Gasteiger partial charge is 0.335 e. The van der Waals surface area contributed by atoms with Crippen molar-refractivity contribution in [1.29, 1.82) is 0 Å². The third kappa shape index (κ3) is 3.65. The van der Waals surface area contributed by atoms with Gasteiger partial charge in [0.25, 0.3) is 11.1 Å². The van der Waals surface area contributed by atoms with E-state index in [9.17, 15) is 19.2 Å². The van der Waals surface area contributed by atoms with Crippen molar-refractivity contribution in [3.8, 4) is 0 Å². The average molecular weight is 349 g/mol. The topological polar surface area (TPSA) is 101 Å². The Morgan fingerprint density at radius 2 is 1.92 bits per heavy atom. The van der Waals surface area contributed by atoms with E-state index in [1.165, 1.54) is 37.3 Å². The minimum Gasteiger partial charge on any atom is -0.478 e. The Kier molecular flexibility index (Phi) is 5.40. The predicted molar refractivity (Wildman–Crippen MR) is 87.3 cm³/mol. The number of amides is 2. The largest absolute Gasteiger partial charge is 0.478 e. The molecule has 7 nitrogen and oxygen atoms in total. The number of carboxylic acid groups (broad SMARTS) is 1. The van der Waals surface area contributed by atoms with E-state index in [-0.39, 0.29) is 17.1 Å². The Morgan fingerprint density at radius 1 is 1.29 bits per heavy atom. The normalized spacial score (nSPS) is 17.2. The third-order valence-electron chi connectivity index (χ3n) is 3.29. The minimum absolute atomic E-state index is 0.121. The first-order valence-corrected chi connectivity index (χ1v) is 7.93. The third-order valence-corrected chi connectivity index (χ3v) is 4.18. The number of carbonyl (C=O) groups is 4. The number of rotatable bonds is 5. The van der Waals surface area contributed by atoms with Crippen molar-refractivity contribution in [3.63, 3.8) is 0 Å². The minimum atomic E-state index is -1.05. The number of carboxylic acids is 1. The molecule has 0 saturated carbocycles. The predicted octanol–water partition coefficient (Wildman–Crippen LogP) is 2.37. The highest BCUT2D eigenvalue weighted by molar-refractivity contribution is 8.18. The molecule has 8 heteroatoms. The molecule has 1 aromatic carbocycles. The molecule has 0 spiro atoms. The number of thioether (sulfide) groups is 1. The van der Waals surface area contributed by atoms with Gasteiger partial charge in [0.2, 0.25) is 0 Å². The number of ether oxygens (including phenoxy) is 1. The van der Waals surface area contributed by atoms with Crippen molar-refractivity contribution in [2.24, 2.45) is 0 Å². The molecule has 24 heavy (non-hydrogen) atoms. The fraction of sp³-hybridized carbons (Fsp3) is 0.250. The molecule has 126 valence electrons. The van der Waals surface area contributed by atoms with Gasteiger partial charge in [-0.05, 0) is 49.4 Å². The zero-order valence-corrected chi connectivity index (χ0v) is 13.8. The monoisotopic (exact) mass is 349 g/mol. The number of nitrogens with zero attached hydrogens (tertiary/aromatic N) is 1. The van der Waals surface area contributed by atoms with Crippen LogP contribution in [-0.2, 0) is 14.3 Å². The fourth-order valence-corrected chi connectivity index (χ4v) is 2.96. The van der Waals surface area contributed by atoms with E-state index in [4.69, 9.17) is 9.84 Å². The van der Waals surface area contributed by atoms with E-state index in [1.807, 2.05) is 0 Å². The molecule has 2 amide bonds. The van der Waals surface area contributed by atoms with E-state index in [0.717, 1.165) is 16.7 Å². The molecule has 1 atom stereocenters. The maximum Gasteiger partial charge on any atom is 0.335 e. The van der Waals surface area contributed by atoms with Crippen molar-refractivity contribution in [1.82, 2.24) is 4.90 Å². The molecule has 1 heterocycles. The molecule has 1 N–H and O–H groups in total. The average Bonchev–Trinajstić information content (AvgIpc) is 2.81. The summed E-state index contributed by atoms with van der Waals surface area (Å²) in [5.41, 5.74) is 0.700. The van der Waals surface area contributed by atoms with Gasteiger partial charge in [0.1, 0.15) is 6.04 Å². The molecule has 0 unspecified atom stereocenters. The number of hydrogen-bond acceptors (Lipinski definition) is 6. The number of hydrogen-bond donors (Lipinski definition) is 1. The van der Waals surface area contributed by atoms with Gasteiger partial charge in [0, 0.05) is 0 Å². The van der Waals surface area contributed by atoms with Crippen LogP contribution in [0.3, 0.4) is 0 Å². The molecule has 1 aromatic rings. The lowest BCUT2D eigenvalue weighted by molar-refractivity contribution is -0.150. The molecular weight excluding hydrogens is 334 g/mol. The summed E-state index contributed by atoms with van der Waals surface area (Å²) in [6, 6.07) is 4.87. The molecule has 1 aliphatic rings. The number of carbonyl (C=O) groups excluding carboxylic acids is 3. The highest BCUT2D eigenvalue weighted by atomic mass is 32.2. The van der Waals surface area contributed by atoms with Gasteiger partial charge >= 0.3 is 11.9 Å². The van der Waals surface area contributed by atoms with Crippen LogP contribution in [0.25, 0.3) is 6.08 Å². The molecule has 0 radical (unpaired) electrons. The summed E-state index contributed by atoms with van der Waals surface area (Å²) in [6.07, 6.45) is 1.48. The van der Waals surface area contributed by atoms with E-state index >= 15 is 0 Å². The van der Waals surface area contributed by atoms with Crippen molar-refractivity contribution in [3.05, 3.63) is 40.3 Å². The summed E-state index contributed by atoms with van der Waals surface area (Å²) in [5.74, 6) is -2.27. The second-order valence-electron chi connectivity index (χ2n) is 4.91. The van der Waals surface area contributed by atoms with E-state index in [2.05, 4.69) is 0 Å². The van der Waals surface area contributed by atoms with Crippen molar-refractivity contribution in [2.75, 3.05) is 6.61 Å². The van der Waals surface area contributed by atoms with E-state index in [0.29, 0.717) is 5.56 Å². The van der Waals surface area contributed by atoms with Crippen LogP contribution in [0.5, 0.6) is 0 Å². The maximum atomic E-state index is 12.4. The Balaban J connectivity index is 2.21. The first-order valence-electron chi connectivity index (χ1n) is 7.12. The molecule has 0 aromatic heterocycles. The summed E-state index contributed by atoms with van der Waals surface area (Å²) in [7, 11) is 0. The summed E-state index contributed by atoms with van der Waals surface area (Å²) in [5, 5.41) is 8.31. The summed E-state index contributed by atoms with van der Waals surface area (Å²) < 4.78 is 4.83. The molecule has 1 fully saturated rings. The highest BCUT2D eigenvalue weighted by Crippen LogP contribution is 2.33. The standard InChI is InChI=1S/C16H15NO6S/c1-3-23-15(21)9(2)17-13(18)12(24-16(17)22)8-10-4-6-11(7-5-10)14(19)20/h4-9H,3H2,1-2H3,(H,19,20)/b12-8-/t9-/m1/s1. The van der Waals surface area contributed by atoms with Crippen LogP contribution in [0.15, 0.2) is 29.2 Å². The van der Waals surface area contributed by atoms with Gasteiger partial charge in [0.05, 0.1) is 17.1 Å². The van der Waals surface area contributed by atoms with Gasteiger partial charge in [-0.1, -0.05) is 12.1 Å². The van der Waals surface area contributed by atoms with Gasteiger partial charge in [0.15, 0.2) is 0 Å². The van der Waals surface area contributed by atoms with Gasteiger partial charge in [-0.2, -0.15) is 0 Å². The Hall–Kier alpha value is -2.61. The highest BCUT2D eigenvalue weighted by Gasteiger charge is 2.41. The molecule has 1 aliphatic heterocycles. The number of benzene rings is 1. The van der Waals surface area contributed by atoms with Crippen molar-refractivity contribution < 1.29 is 29.0 Å². The molecule has 1 saturated heterocycles. The summed E-state index contributed by atoms with van der Waals surface area (Å²) >= 11 is 0.725. The van der Waals surface area contributed by atoms with Gasteiger partial charge in [-0.15, -0.1) is 0 Å². The maximum absolute atomic E-state index is 12.4. The van der Waals surface area contributed by atoms with Gasteiger partial charge in [-0.25, -0.2) is 9.59 Å². The quantitative estimate of drug-likeness (QED) is 0.643. The van der Waals surface area contributed by atoms with Gasteiger partial charge in [-0.3, -0.25) is 14.5 Å². The first kappa shape index (κ1) is 17.7. The number of imide groups is 1. The Labute approximate surface area is 142 Å². The van der Waals surface area contributed by atoms with Crippen LogP contribution in [0.1, 0.15) is 29.8 Å². The number of aromatic carboxylic acids is 1. The lowest BCUT2D eigenvalue weighted by Gasteiger charge is -2.19. The summed E-state index contributed by atoms with van der Waals surface area (Å²) in [4.78, 5) is 48.0. The molecular formula is C16H15NO6S. The van der Waals surface area contributed by atoms with Crippen LogP contribution in [0.4, 0.5) is 4.79 Å². The number of esters is 1. The summed E-state index contributed by atoms with van der Waals surface area (Å²) in [6.45, 7) is 3.23. The fourth-order valence-electron chi connectivity index (χ4n) is 2.06. The Bertz CT molecular complexity index is 725. The van der Waals surface area contributed by atoms with E-state index < -0.39 is 29.1 Å². The van der Waals surface area contributed by atoms with Crippen LogP contribution in [0, 0.1) is 0 Å². The Morgan fingerprint density at radius 3 is 2.46 bits per heavy atom. The van der Waals surface area contributed by atoms with E-state index in [1.54, 1.807) is 6.92 Å². The zero-order valence-electron chi connectivity index (χ0n) is 13.0. The van der Waals surface area contributed by atoms with Crippen LogP contribution in [0.2, 0.25) is 0 Å². The lowest BCUT2D eigenvalue weighted by atomic mass is 10.1. The lowest BCUT2D eigenvalue weighted by Crippen LogP contribution is -2.42. The molecule has 0 bridgehead atoms. The SMILES string of the molecule is CCOC(=O)[C@@H](C)N1C(=O)S/C(=C\c2ccc(C(=O)O)cc2)C1=O. The van der Waals surface area contributed by atoms with Crippen molar-refractivity contribution >= 4 is 40.9 Å². The van der Waals surface area contributed by atoms with Crippen LogP contribution < -0.4 is 0 Å². The van der Waals surface area contributed by atoms with Crippen molar-refractivity contribution in [2.45, 2.75) is 19.9 Å². The van der Waals surface area contributed by atoms with Crippen LogP contribution in [-0.4, -0.2) is 45.7 Å². The second-order valence-corrected chi connectivity index (χ2v) is 5.90. The van der Waals surface area contributed by atoms with Crippen LogP contribution >= 0.6 is 11.8 Å². The molecule has 2 rings (SSSR count). The second kappa shape index (κ2) is 7.31. The van der Waals surface area contributed by atoms with Gasteiger partial charge < -0.3 is 9.84 Å². The molecule has 0 aliphatic carbocycles. The first-order chi connectivity index (χ1) is 11.3.